The summed E-state index contributed by atoms with van der Waals surface area (Å²) in [6.45, 7) is 4.98. The van der Waals surface area contributed by atoms with Gasteiger partial charge in [0, 0.05) is 5.54 Å². The fraction of sp³-hybridized carbons (Fsp3) is 0.625. The van der Waals surface area contributed by atoms with E-state index in [0.29, 0.717) is 0 Å². The molecule has 0 unspecified atom stereocenters. The maximum absolute atomic E-state index is 13.3. The number of likely N-dealkylation sites (tertiary alicyclic amines) is 1. The van der Waals surface area contributed by atoms with Gasteiger partial charge < -0.3 is 14.2 Å². The summed E-state index contributed by atoms with van der Waals surface area (Å²) in [4.78, 5) is 52.4. The Bertz CT molecular complexity index is 691. The van der Waals surface area contributed by atoms with Crippen LogP contribution >= 0.6 is 0 Å². The zero-order valence-electron chi connectivity index (χ0n) is 14.1. The molecule has 0 aromatic rings. The summed E-state index contributed by atoms with van der Waals surface area (Å²) < 4.78 is 15.3. The highest BCUT2D eigenvalue weighted by Crippen LogP contribution is 2.62. The number of imide groups is 1. The van der Waals surface area contributed by atoms with Gasteiger partial charge in [0.05, 0.1) is 20.3 Å². The van der Waals surface area contributed by atoms with Crippen LogP contribution in [0.15, 0.2) is 12.2 Å². The fourth-order valence-electron chi connectivity index (χ4n) is 4.00. The highest BCUT2D eigenvalue weighted by Gasteiger charge is 2.86. The summed E-state index contributed by atoms with van der Waals surface area (Å²) in [5.74, 6) is -4.52. The normalized spacial score (nSPS) is 37.0. The fourth-order valence-corrected chi connectivity index (χ4v) is 4.00. The molecule has 2 amide bonds. The zero-order chi connectivity index (χ0) is 18.1. The van der Waals surface area contributed by atoms with E-state index in [0.717, 1.165) is 19.1 Å². The number of hydrogen-bond donors (Lipinski definition) is 0. The Morgan fingerprint density at radius 2 is 1.79 bits per heavy atom. The van der Waals surface area contributed by atoms with E-state index in [9.17, 15) is 19.2 Å². The van der Waals surface area contributed by atoms with E-state index in [-0.39, 0.29) is 0 Å². The monoisotopic (exact) mass is 337 g/mol. The van der Waals surface area contributed by atoms with E-state index in [1.54, 1.807) is 20.8 Å². The average Bonchev–Trinajstić information content (AvgIpc) is 3.12. The van der Waals surface area contributed by atoms with Gasteiger partial charge in [0.1, 0.15) is 5.92 Å². The Morgan fingerprint density at radius 3 is 2.29 bits per heavy atom. The van der Waals surface area contributed by atoms with Crippen molar-refractivity contribution >= 4 is 23.8 Å². The number of esters is 2. The molecule has 8 nitrogen and oxygen atoms in total. The van der Waals surface area contributed by atoms with Crippen molar-refractivity contribution in [2.75, 3.05) is 14.2 Å². The van der Waals surface area contributed by atoms with Crippen LogP contribution in [0.3, 0.4) is 0 Å². The Hall–Kier alpha value is -2.22. The van der Waals surface area contributed by atoms with Crippen molar-refractivity contribution in [2.24, 2.45) is 11.3 Å². The molecule has 3 rings (SSSR count). The first-order valence-electron chi connectivity index (χ1n) is 7.52. The summed E-state index contributed by atoms with van der Waals surface area (Å²) in [6, 6.07) is 0. The third kappa shape index (κ3) is 1.52. The van der Waals surface area contributed by atoms with Gasteiger partial charge in [0.25, 0.3) is 11.8 Å². The SMILES string of the molecule is COC(=O)[C@@H]1[C@H]2C=C[C@@]3(O2)C(=O)N(C(C)(C)C)C(=O)[C@]13C(=O)OC. The number of carbonyl (C=O) groups excluding carboxylic acids is 4. The molecular formula is C16H19NO7. The Labute approximate surface area is 138 Å². The van der Waals surface area contributed by atoms with Crippen LogP contribution in [0.4, 0.5) is 0 Å². The van der Waals surface area contributed by atoms with Crippen LogP contribution in [0.25, 0.3) is 0 Å². The molecule has 0 radical (unpaired) electrons. The number of rotatable bonds is 2. The predicted octanol–water partition coefficient (Wildman–Crippen LogP) is -0.190. The van der Waals surface area contributed by atoms with Crippen LogP contribution in [0.1, 0.15) is 20.8 Å². The summed E-state index contributed by atoms with van der Waals surface area (Å²) in [5, 5.41) is 0. The highest BCUT2D eigenvalue weighted by molar-refractivity contribution is 6.24. The third-order valence-corrected chi connectivity index (χ3v) is 4.92. The zero-order valence-corrected chi connectivity index (χ0v) is 14.1. The lowest BCUT2D eigenvalue weighted by molar-refractivity contribution is -0.173. The van der Waals surface area contributed by atoms with Crippen LogP contribution < -0.4 is 0 Å². The lowest BCUT2D eigenvalue weighted by Crippen LogP contribution is -2.58. The molecule has 130 valence electrons. The number of carbonyl (C=O) groups is 4. The molecule has 0 saturated carbocycles. The first-order valence-corrected chi connectivity index (χ1v) is 7.52. The summed E-state index contributed by atoms with van der Waals surface area (Å²) in [5.41, 5.74) is -4.86. The maximum atomic E-state index is 13.3. The van der Waals surface area contributed by atoms with Gasteiger partial charge in [-0.2, -0.15) is 0 Å². The average molecular weight is 337 g/mol. The molecule has 3 heterocycles. The number of ether oxygens (including phenoxy) is 3. The first-order chi connectivity index (χ1) is 11.1. The molecule has 2 bridgehead atoms. The van der Waals surface area contributed by atoms with E-state index in [2.05, 4.69) is 0 Å². The van der Waals surface area contributed by atoms with Crippen LogP contribution in [-0.2, 0) is 33.4 Å². The number of fused-ring (bicyclic) bond motifs is 1. The van der Waals surface area contributed by atoms with E-state index in [1.165, 1.54) is 12.2 Å². The molecular weight excluding hydrogens is 318 g/mol. The molecule has 4 atom stereocenters. The summed E-state index contributed by atoms with van der Waals surface area (Å²) >= 11 is 0. The van der Waals surface area contributed by atoms with E-state index in [4.69, 9.17) is 14.2 Å². The van der Waals surface area contributed by atoms with Crippen molar-refractivity contribution < 1.29 is 33.4 Å². The van der Waals surface area contributed by atoms with E-state index < -0.39 is 52.3 Å². The van der Waals surface area contributed by atoms with Crippen molar-refractivity contribution in [1.82, 2.24) is 4.90 Å². The molecule has 3 aliphatic rings. The number of methoxy groups -OCH3 is 2. The van der Waals surface area contributed by atoms with Crippen LogP contribution in [-0.4, -0.2) is 60.1 Å². The Balaban J connectivity index is 2.31. The molecule has 0 aromatic carbocycles. The lowest BCUT2D eigenvalue weighted by Gasteiger charge is -2.34. The van der Waals surface area contributed by atoms with Gasteiger partial charge >= 0.3 is 11.9 Å². The molecule has 0 N–H and O–H groups in total. The molecule has 8 heteroatoms. The van der Waals surface area contributed by atoms with E-state index >= 15 is 0 Å². The molecule has 3 aliphatic heterocycles. The van der Waals surface area contributed by atoms with Crippen LogP contribution in [0, 0.1) is 11.3 Å². The predicted molar refractivity (Wildman–Crippen MR) is 78.3 cm³/mol. The Morgan fingerprint density at radius 1 is 1.17 bits per heavy atom. The number of nitrogens with zero attached hydrogens (tertiary/aromatic N) is 1. The topological polar surface area (TPSA) is 99.2 Å². The Kier molecular flexibility index (Phi) is 3.23. The molecule has 24 heavy (non-hydrogen) atoms. The number of hydrogen-bond acceptors (Lipinski definition) is 7. The van der Waals surface area contributed by atoms with Gasteiger partial charge in [-0.05, 0) is 26.8 Å². The summed E-state index contributed by atoms with van der Waals surface area (Å²) in [7, 11) is 2.25. The second-order valence-electron chi connectivity index (χ2n) is 7.09. The van der Waals surface area contributed by atoms with E-state index in [1.807, 2.05) is 0 Å². The minimum absolute atomic E-state index is 0.671. The van der Waals surface area contributed by atoms with Gasteiger partial charge in [-0.25, -0.2) is 0 Å². The van der Waals surface area contributed by atoms with Gasteiger partial charge in [-0.3, -0.25) is 24.1 Å². The molecule has 0 aromatic heterocycles. The second-order valence-corrected chi connectivity index (χ2v) is 7.09. The quantitative estimate of drug-likeness (QED) is 0.298. The molecule has 1 spiro atoms. The van der Waals surface area contributed by atoms with Crippen LogP contribution in [0.2, 0.25) is 0 Å². The van der Waals surface area contributed by atoms with Crippen molar-refractivity contribution in [3.05, 3.63) is 12.2 Å². The molecule has 0 aliphatic carbocycles. The van der Waals surface area contributed by atoms with Crippen LogP contribution in [0.5, 0.6) is 0 Å². The second kappa shape index (κ2) is 4.66. The maximum Gasteiger partial charge on any atom is 0.326 e. The van der Waals surface area contributed by atoms with Crippen molar-refractivity contribution in [1.29, 1.82) is 0 Å². The van der Waals surface area contributed by atoms with Crippen molar-refractivity contribution in [3.8, 4) is 0 Å². The van der Waals surface area contributed by atoms with Gasteiger partial charge in [-0.1, -0.05) is 6.08 Å². The lowest BCUT2D eigenvalue weighted by atomic mass is 9.63. The highest BCUT2D eigenvalue weighted by atomic mass is 16.6. The minimum atomic E-state index is -2.10. The van der Waals surface area contributed by atoms with Crippen molar-refractivity contribution in [3.63, 3.8) is 0 Å². The van der Waals surface area contributed by atoms with Gasteiger partial charge in [-0.15, -0.1) is 0 Å². The number of amides is 2. The third-order valence-electron chi connectivity index (χ3n) is 4.92. The summed E-state index contributed by atoms with van der Waals surface area (Å²) in [6.07, 6.45) is 2.01. The molecule has 2 fully saturated rings. The standard InChI is InChI=1S/C16H19NO7/c1-14(2,3)17-11(19)15-7-6-8(24-15)9(10(18)22-4)16(15,12(17)20)13(21)23-5/h6-9H,1-5H3/t8-,9+,15-,16+/m1/s1. The van der Waals surface area contributed by atoms with Gasteiger partial charge in [0.15, 0.2) is 5.60 Å². The van der Waals surface area contributed by atoms with Crippen molar-refractivity contribution in [2.45, 2.75) is 38.0 Å². The molecule has 2 saturated heterocycles. The first kappa shape index (κ1) is 16.6. The largest absolute Gasteiger partial charge is 0.469 e. The minimum Gasteiger partial charge on any atom is -0.469 e. The smallest absolute Gasteiger partial charge is 0.326 e. The van der Waals surface area contributed by atoms with Gasteiger partial charge in [0.2, 0.25) is 5.41 Å².